The highest BCUT2D eigenvalue weighted by Gasteiger charge is 2.31. The van der Waals surface area contributed by atoms with Gasteiger partial charge in [0.15, 0.2) is 5.65 Å². The van der Waals surface area contributed by atoms with Crippen molar-refractivity contribution < 1.29 is 14.3 Å². The van der Waals surface area contributed by atoms with E-state index in [1.807, 2.05) is 65.1 Å². The smallest absolute Gasteiger partial charge is 0.410 e. The second kappa shape index (κ2) is 8.65. The van der Waals surface area contributed by atoms with Gasteiger partial charge in [-0.2, -0.15) is 5.10 Å². The van der Waals surface area contributed by atoms with Crippen molar-refractivity contribution in [2.24, 2.45) is 0 Å². The zero-order valence-corrected chi connectivity index (χ0v) is 21.5. The molecule has 4 heterocycles. The maximum Gasteiger partial charge on any atom is 0.410 e. The molecule has 9 nitrogen and oxygen atoms in total. The quantitative estimate of drug-likeness (QED) is 0.420. The van der Waals surface area contributed by atoms with Gasteiger partial charge >= 0.3 is 6.09 Å². The number of methoxy groups -OCH3 is 1. The molecule has 0 N–H and O–H groups in total. The highest BCUT2D eigenvalue weighted by Crippen LogP contribution is 2.32. The molecule has 0 bridgehead atoms. The summed E-state index contributed by atoms with van der Waals surface area (Å²) in [6.07, 6.45) is 4.02. The van der Waals surface area contributed by atoms with E-state index in [1.165, 1.54) is 0 Å². The summed E-state index contributed by atoms with van der Waals surface area (Å²) in [5.74, 6) is 0.491. The summed E-state index contributed by atoms with van der Waals surface area (Å²) in [5, 5.41) is 6.01. The van der Waals surface area contributed by atoms with Crippen LogP contribution in [0.25, 0.3) is 27.7 Å². The van der Waals surface area contributed by atoms with E-state index in [2.05, 4.69) is 4.98 Å². The van der Waals surface area contributed by atoms with Crippen LogP contribution in [0.2, 0.25) is 0 Å². The first-order valence-electron chi connectivity index (χ1n) is 12.1. The van der Waals surface area contributed by atoms with E-state index in [1.54, 1.807) is 27.3 Å². The van der Waals surface area contributed by atoms with E-state index in [0.717, 1.165) is 33.5 Å². The topological polar surface area (TPSA) is 91.0 Å². The van der Waals surface area contributed by atoms with Crippen molar-refractivity contribution in [3.8, 4) is 17.0 Å². The van der Waals surface area contributed by atoms with Gasteiger partial charge in [0.25, 0.3) is 5.56 Å². The molecule has 1 atom stereocenters. The Kier molecular flexibility index (Phi) is 5.73. The molecule has 1 aliphatic rings. The number of likely N-dealkylation sites (tertiary alicyclic amines) is 1. The zero-order chi connectivity index (χ0) is 25.8. The third-order valence-corrected chi connectivity index (χ3v) is 6.45. The molecule has 1 unspecified atom stereocenters. The Hall–Kier alpha value is -3.88. The second-order valence-electron chi connectivity index (χ2n) is 10.4. The zero-order valence-electron chi connectivity index (χ0n) is 21.5. The number of rotatable bonds is 3. The fourth-order valence-electron chi connectivity index (χ4n) is 4.80. The lowest BCUT2D eigenvalue weighted by molar-refractivity contribution is 0.0289. The fourth-order valence-corrected chi connectivity index (χ4v) is 4.80. The molecule has 36 heavy (non-hydrogen) atoms. The van der Waals surface area contributed by atoms with E-state index in [0.29, 0.717) is 30.6 Å². The molecule has 1 amide bonds. The maximum atomic E-state index is 13.6. The van der Waals surface area contributed by atoms with E-state index < -0.39 is 5.60 Å². The number of aromatic nitrogens is 4. The molecule has 0 saturated carbocycles. The van der Waals surface area contributed by atoms with Gasteiger partial charge in [0.2, 0.25) is 0 Å². The Labute approximate surface area is 209 Å². The van der Waals surface area contributed by atoms with Crippen LogP contribution in [0, 0.1) is 13.8 Å². The van der Waals surface area contributed by atoms with Crippen LogP contribution in [0.1, 0.15) is 44.5 Å². The first-order chi connectivity index (χ1) is 17.0. The van der Waals surface area contributed by atoms with Crippen LogP contribution >= 0.6 is 0 Å². The standard InChI is InChI=1S/C27H31N5O4/c1-16-11-21(29-32-14-17(2)28-24(16)32)19-12-18-7-10-31(25(33)23(18)22(13-19)35-6)20-8-9-30(15-20)26(34)36-27(3,4)5/h7,10-14,20H,8-9,15H2,1-6H3. The number of carbonyl (C=O) groups is 1. The number of benzene rings is 1. The van der Waals surface area contributed by atoms with Crippen molar-refractivity contribution in [1.82, 2.24) is 24.1 Å². The number of hydrogen-bond donors (Lipinski definition) is 0. The largest absolute Gasteiger partial charge is 0.496 e. The highest BCUT2D eigenvalue weighted by atomic mass is 16.6. The summed E-state index contributed by atoms with van der Waals surface area (Å²) in [5.41, 5.74) is 3.65. The van der Waals surface area contributed by atoms with Gasteiger partial charge < -0.3 is 18.9 Å². The van der Waals surface area contributed by atoms with Crippen LogP contribution in [0.3, 0.4) is 0 Å². The molecule has 1 saturated heterocycles. The SMILES string of the molecule is COc1cc(-c2cc(C)c3nc(C)cn3n2)cc2ccn(C3CCN(C(=O)OC(C)(C)C)C3)c(=O)c12. The Balaban J connectivity index is 1.51. The van der Waals surface area contributed by atoms with Crippen LogP contribution in [-0.2, 0) is 4.74 Å². The minimum Gasteiger partial charge on any atom is -0.496 e. The van der Waals surface area contributed by atoms with Crippen molar-refractivity contribution in [3.05, 3.63) is 58.3 Å². The van der Waals surface area contributed by atoms with Crippen LogP contribution in [0.4, 0.5) is 4.79 Å². The third-order valence-electron chi connectivity index (χ3n) is 6.45. The number of pyridine rings is 1. The molecule has 0 spiro atoms. The molecule has 9 heteroatoms. The minimum atomic E-state index is -0.561. The molecule has 0 radical (unpaired) electrons. The van der Waals surface area contributed by atoms with Crippen LogP contribution in [-0.4, -0.2) is 56.0 Å². The second-order valence-corrected chi connectivity index (χ2v) is 10.4. The predicted octanol–water partition coefficient (Wildman–Crippen LogP) is 4.52. The number of fused-ring (bicyclic) bond motifs is 2. The maximum absolute atomic E-state index is 13.6. The molecule has 1 fully saturated rings. The summed E-state index contributed by atoms with van der Waals surface area (Å²) in [7, 11) is 1.57. The lowest BCUT2D eigenvalue weighted by Gasteiger charge is -2.24. The summed E-state index contributed by atoms with van der Waals surface area (Å²) in [6, 6.07) is 7.60. The van der Waals surface area contributed by atoms with Gasteiger partial charge in [0.05, 0.1) is 36.1 Å². The number of imidazole rings is 1. The van der Waals surface area contributed by atoms with Crippen molar-refractivity contribution in [2.75, 3.05) is 20.2 Å². The van der Waals surface area contributed by atoms with E-state index in [4.69, 9.17) is 14.6 Å². The van der Waals surface area contributed by atoms with Crippen molar-refractivity contribution >= 4 is 22.5 Å². The van der Waals surface area contributed by atoms with E-state index in [-0.39, 0.29) is 17.7 Å². The van der Waals surface area contributed by atoms with Crippen molar-refractivity contribution in [2.45, 2.75) is 52.7 Å². The molecule has 4 aromatic rings. The van der Waals surface area contributed by atoms with Gasteiger partial charge in [-0.25, -0.2) is 14.3 Å². The lowest BCUT2D eigenvalue weighted by atomic mass is 10.0. The predicted molar refractivity (Wildman–Crippen MR) is 138 cm³/mol. The molecule has 1 aliphatic heterocycles. The molecule has 1 aromatic carbocycles. The summed E-state index contributed by atoms with van der Waals surface area (Å²) in [6.45, 7) is 10.4. The van der Waals surface area contributed by atoms with E-state index in [9.17, 15) is 9.59 Å². The molecular weight excluding hydrogens is 458 g/mol. The highest BCUT2D eigenvalue weighted by molar-refractivity contribution is 5.91. The number of aryl methyl sites for hydroxylation is 2. The normalized spacial score (nSPS) is 16.2. The average molecular weight is 490 g/mol. The van der Waals surface area contributed by atoms with Crippen molar-refractivity contribution in [3.63, 3.8) is 0 Å². The lowest BCUT2D eigenvalue weighted by Crippen LogP contribution is -2.36. The Morgan fingerprint density at radius 2 is 1.94 bits per heavy atom. The molecule has 5 rings (SSSR count). The van der Waals surface area contributed by atoms with Gasteiger partial charge in [0, 0.05) is 24.8 Å². The number of amides is 1. The molecule has 3 aromatic heterocycles. The van der Waals surface area contributed by atoms with Gasteiger partial charge in [-0.05, 0) is 76.3 Å². The van der Waals surface area contributed by atoms with Gasteiger partial charge in [0.1, 0.15) is 11.4 Å². The fraction of sp³-hybridized carbons (Fsp3) is 0.407. The van der Waals surface area contributed by atoms with Crippen LogP contribution in [0.15, 0.2) is 41.5 Å². The number of carbonyl (C=O) groups excluding carboxylic acids is 1. The minimum absolute atomic E-state index is 0.130. The molecule has 188 valence electrons. The van der Waals surface area contributed by atoms with Crippen LogP contribution in [0.5, 0.6) is 5.75 Å². The average Bonchev–Trinajstić information content (AvgIpc) is 3.44. The summed E-state index contributed by atoms with van der Waals surface area (Å²) in [4.78, 5) is 32.3. The first kappa shape index (κ1) is 23.8. The summed E-state index contributed by atoms with van der Waals surface area (Å²) >= 11 is 0. The van der Waals surface area contributed by atoms with Gasteiger partial charge in [-0.1, -0.05) is 0 Å². The Morgan fingerprint density at radius 1 is 1.17 bits per heavy atom. The van der Waals surface area contributed by atoms with E-state index >= 15 is 0 Å². The van der Waals surface area contributed by atoms with Gasteiger partial charge in [-0.3, -0.25) is 4.79 Å². The third kappa shape index (κ3) is 4.29. The molecular formula is C27H31N5O4. The van der Waals surface area contributed by atoms with Crippen molar-refractivity contribution in [1.29, 1.82) is 0 Å². The summed E-state index contributed by atoms with van der Waals surface area (Å²) < 4.78 is 14.7. The number of ether oxygens (including phenoxy) is 2. The monoisotopic (exact) mass is 489 g/mol. The number of hydrogen-bond acceptors (Lipinski definition) is 6. The van der Waals surface area contributed by atoms with Crippen LogP contribution < -0.4 is 10.3 Å². The molecule has 0 aliphatic carbocycles. The van der Waals surface area contributed by atoms with Gasteiger partial charge in [-0.15, -0.1) is 0 Å². The number of nitrogens with zero attached hydrogens (tertiary/aromatic N) is 5. The Morgan fingerprint density at radius 3 is 2.67 bits per heavy atom. The first-order valence-corrected chi connectivity index (χ1v) is 12.1. The Bertz CT molecular complexity index is 1550.